The van der Waals surface area contributed by atoms with Crippen LogP contribution in [0.3, 0.4) is 0 Å². The number of nitrogens with one attached hydrogen (secondary N) is 2. The number of urea groups is 1. The largest absolute Gasteiger partial charge is 0.497 e. The monoisotopic (exact) mass is 347 g/mol. The van der Waals surface area contributed by atoms with Gasteiger partial charge in [0, 0.05) is 6.04 Å². The maximum absolute atomic E-state index is 12.8. The third-order valence-electron chi connectivity index (χ3n) is 4.59. The Morgan fingerprint density at radius 3 is 2.36 bits per heavy atom. The molecule has 0 spiro atoms. The number of hydrogen-bond acceptors (Lipinski definition) is 4. The average molecular weight is 347 g/mol. The molecular weight excluding hydrogens is 322 g/mol. The Labute approximate surface area is 147 Å². The highest BCUT2D eigenvalue weighted by molar-refractivity contribution is 6.09. The smallest absolute Gasteiger partial charge is 0.325 e. The molecule has 1 heterocycles. The van der Waals surface area contributed by atoms with Gasteiger partial charge in [-0.15, -0.1) is 0 Å². The molecule has 2 N–H and O–H groups in total. The Morgan fingerprint density at radius 2 is 1.84 bits per heavy atom. The van der Waals surface area contributed by atoms with Crippen LogP contribution in [0, 0.1) is 0 Å². The van der Waals surface area contributed by atoms with Crippen LogP contribution in [0.5, 0.6) is 5.75 Å². The summed E-state index contributed by atoms with van der Waals surface area (Å²) >= 11 is 0. The lowest BCUT2D eigenvalue weighted by atomic mass is 9.92. The van der Waals surface area contributed by atoms with Crippen LogP contribution >= 0.6 is 0 Å². The molecule has 0 saturated carbocycles. The van der Waals surface area contributed by atoms with Gasteiger partial charge >= 0.3 is 6.03 Å². The lowest BCUT2D eigenvalue weighted by Crippen LogP contribution is -2.45. The average Bonchev–Trinajstić information content (AvgIpc) is 2.83. The Morgan fingerprint density at radius 1 is 1.24 bits per heavy atom. The predicted molar refractivity (Wildman–Crippen MR) is 93.1 cm³/mol. The van der Waals surface area contributed by atoms with Crippen molar-refractivity contribution in [1.29, 1.82) is 0 Å². The maximum atomic E-state index is 12.8. The minimum Gasteiger partial charge on any atom is -0.497 e. The van der Waals surface area contributed by atoms with Crippen LogP contribution < -0.4 is 15.4 Å². The van der Waals surface area contributed by atoms with Gasteiger partial charge in [0.05, 0.1) is 7.11 Å². The first kappa shape index (κ1) is 18.8. The molecule has 7 heteroatoms. The number of benzene rings is 1. The zero-order valence-corrected chi connectivity index (χ0v) is 15.1. The molecule has 0 aromatic heterocycles. The van der Waals surface area contributed by atoms with Crippen molar-refractivity contribution in [2.45, 2.75) is 45.2 Å². The highest BCUT2D eigenvalue weighted by atomic mass is 16.5. The van der Waals surface area contributed by atoms with Crippen molar-refractivity contribution in [1.82, 2.24) is 15.5 Å². The molecule has 0 bridgehead atoms. The summed E-state index contributed by atoms with van der Waals surface area (Å²) in [4.78, 5) is 38.1. The molecule has 1 fully saturated rings. The van der Waals surface area contributed by atoms with Gasteiger partial charge in [0.2, 0.25) is 5.91 Å². The molecule has 1 saturated heterocycles. The number of hydrogen-bond donors (Lipinski definition) is 2. The predicted octanol–water partition coefficient (Wildman–Crippen LogP) is 1.77. The molecule has 136 valence electrons. The fourth-order valence-electron chi connectivity index (χ4n) is 2.87. The first-order valence-electron chi connectivity index (χ1n) is 8.43. The second-order valence-corrected chi connectivity index (χ2v) is 6.26. The summed E-state index contributed by atoms with van der Waals surface area (Å²) in [6, 6.07) is 6.38. The molecule has 1 atom stereocenters. The van der Waals surface area contributed by atoms with E-state index in [0.717, 1.165) is 17.7 Å². The van der Waals surface area contributed by atoms with Gasteiger partial charge < -0.3 is 15.4 Å². The fourth-order valence-corrected chi connectivity index (χ4v) is 2.87. The number of nitrogens with zero attached hydrogens (tertiary/aromatic N) is 1. The summed E-state index contributed by atoms with van der Waals surface area (Å²) in [5.74, 6) is -0.121. The fraction of sp³-hybridized carbons (Fsp3) is 0.500. The van der Waals surface area contributed by atoms with Crippen molar-refractivity contribution in [3.63, 3.8) is 0 Å². The van der Waals surface area contributed by atoms with Gasteiger partial charge in [-0.25, -0.2) is 4.79 Å². The lowest BCUT2D eigenvalue weighted by Gasteiger charge is -2.22. The quantitative estimate of drug-likeness (QED) is 0.736. The standard InChI is InChI=1S/C18H25N3O4/c1-5-13(6-2)19-15(22)11-21-16(23)18(3,20-17(21)24)12-7-9-14(25-4)10-8-12/h7-10,13H,5-6,11H2,1-4H3,(H,19,22)(H,20,24)/t18-/m0/s1. The summed E-state index contributed by atoms with van der Waals surface area (Å²) in [6.07, 6.45) is 1.60. The molecular formula is C18H25N3O4. The van der Waals surface area contributed by atoms with Gasteiger partial charge in [-0.1, -0.05) is 26.0 Å². The van der Waals surface area contributed by atoms with Crippen molar-refractivity contribution >= 4 is 17.8 Å². The summed E-state index contributed by atoms with van der Waals surface area (Å²) in [7, 11) is 1.55. The number of imide groups is 1. The lowest BCUT2D eigenvalue weighted by molar-refractivity contribution is -0.135. The van der Waals surface area contributed by atoms with E-state index in [-0.39, 0.29) is 18.5 Å². The number of methoxy groups -OCH3 is 1. The van der Waals surface area contributed by atoms with Crippen molar-refractivity contribution in [3.8, 4) is 5.75 Å². The number of amides is 4. The first-order chi connectivity index (χ1) is 11.8. The highest BCUT2D eigenvalue weighted by Gasteiger charge is 2.49. The van der Waals surface area contributed by atoms with Crippen LogP contribution in [0.2, 0.25) is 0 Å². The Hall–Kier alpha value is -2.57. The minimum atomic E-state index is -1.20. The molecule has 2 rings (SSSR count). The van der Waals surface area contributed by atoms with E-state index in [1.807, 2.05) is 13.8 Å². The molecule has 4 amide bonds. The summed E-state index contributed by atoms with van der Waals surface area (Å²) in [5, 5.41) is 5.52. The van der Waals surface area contributed by atoms with Crippen LogP contribution in [-0.4, -0.2) is 42.4 Å². The number of carbonyl (C=O) groups excluding carboxylic acids is 3. The molecule has 0 aliphatic carbocycles. The van der Waals surface area contributed by atoms with E-state index < -0.39 is 17.5 Å². The zero-order valence-electron chi connectivity index (χ0n) is 15.1. The molecule has 1 aromatic rings. The topological polar surface area (TPSA) is 87.7 Å². The Bertz CT molecular complexity index is 655. The van der Waals surface area contributed by atoms with E-state index in [0.29, 0.717) is 11.3 Å². The summed E-state index contributed by atoms with van der Waals surface area (Å²) in [6.45, 7) is 5.30. The number of rotatable bonds is 7. The third kappa shape index (κ3) is 3.75. The van der Waals surface area contributed by atoms with Gasteiger partial charge in [-0.3, -0.25) is 14.5 Å². The van der Waals surface area contributed by atoms with Crippen LogP contribution in [-0.2, 0) is 15.1 Å². The van der Waals surface area contributed by atoms with E-state index in [1.54, 1.807) is 38.3 Å². The molecule has 1 aromatic carbocycles. The maximum Gasteiger partial charge on any atom is 0.325 e. The van der Waals surface area contributed by atoms with Gasteiger partial charge in [-0.05, 0) is 37.5 Å². The molecule has 0 radical (unpaired) electrons. The molecule has 25 heavy (non-hydrogen) atoms. The number of ether oxygens (including phenoxy) is 1. The zero-order chi connectivity index (χ0) is 18.6. The SMILES string of the molecule is CCC(CC)NC(=O)CN1C(=O)N[C@@](C)(c2ccc(OC)cc2)C1=O. The second-order valence-electron chi connectivity index (χ2n) is 6.26. The number of carbonyl (C=O) groups is 3. The Kier molecular flexibility index (Phi) is 5.66. The summed E-state index contributed by atoms with van der Waals surface area (Å²) in [5.41, 5.74) is -0.562. The van der Waals surface area contributed by atoms with E-state index in [2.05, 4.69) is 10.6 Å². The van der Waals surface area contributed by atoms with Gasteiger partial charge in [0.1, 0.15) is 17.8 Å². The normalized spacial score (nSPS) is 20.0. The van der Waals surface area contributed by atoms with Crippen LogP contribution in [0.1, 0.15) is 39.2 Å². The molecule has 7 nitrogen and oxygen atoms in total. The van der Waals surface area contributed by atoms with Crippen molar-refractivity contribution in [3.05, 3.63) is 29.8 Å². The first-order valence-corrected chi connectivity index (χ1v) is 8.43. The van der Waals surface area contributed by atoms with Gasteiger partial charge in [0.25, 0.3) is 5.91 Å². The van der Waals surface area contributed by atoms with Gasteiger partial charge in [0.15, 0.2) is 0 Å². The highest BCUT2D eigenvalue weighted by Crippen LogP contribution is 2.29. The van der Waals surface area contributed by atoms with Crippen molar-refractivity contribution in [2.24, 2.45) is 0 Å². The van der Waals surface area contributed by atoms with Crippen LogP contribution in [0.4, 0.5) is 4.79 Å². The van der Waals surface area contributed by atoms with Crippen LogP contribution in [0.15, 0.2) is 24.3 Å². The van der Waals surface area contributed by atoms with Crippen molar-refractivity contribution < 1.29 is 19.1 Å². The minimum absolute atomic E-state index is 0.0428. The van der Waals surface area contributed by atoms with E-state index in [1.165, 1.54) is 0 Å². The van der Waals surface area contributed by atoms with E-state index >= 15 is 0 Å². The molecule has 1 aliphatic heterocycles. The van der Waals surface area contributed by atoms with E-state index in [9.17, 15) is 14.4 Å². The summed E-state index contributed by atoms with van der Waals surface area (Å²) < 4.78 is 5.11. The molecule has 1 aliphatic rings. The van der Waals surface area contributed by atoms with Crippen molar-refractivity contribution in [2.75, 3.05) is 13.7 Å². The van der Waals surface area contributed by atoms with Crippen LogP contribution in [0.25, 0.3) is 0 Å². The second kappa shape index (κ2) is 7.55. The third-order valence-corrected chi connectivity index (χ3v) is 4.59. The van der Waals surface area contributed by atoms with E-state index in [4.69, 9.17) is 4.74 Å². The molecule has 0 unspecified atom stereocenters. The Balaban J connectivity index is 2.14. The van der Waals surface area contributed by atoms with Gasteiger partial charge in [-0.2, -0.15) is 0 Å².